The molecule has 1 aliphatic heterocycles. The molecular formula is C24H19F3N4O2. The third-order valence-electron chi connectivity index (χ3n) is 5.20. The van der Waals surface area contributed by atoms with Crippen LogP contribution < -0.4 is 20.1 Å². The summed E-state index contributed by atoms with van der Waals surface area (Å²) in [5, 5.41) is 7.37. The zero-order valence-electron chi connectivity index (χ0n) is 17.3. The number of nitrogens with zero attached hydrogens (tertiary/aromatic N) is 2. The van der Waals surface area contributed by atoms with E-state index < -0.39 is 11.7 Å². The normalized spacial score (nSPS) is 13.1. The fraction of sp³-hybridized carbons (Fsp3) is 0.167. The highest BCUT2D eigenvalue weighted by Gasteiger charge is 2.30. The van der Waals surface area contributed by atoms with Crippen molar-refractivity contribution in [2.45, 2.75) is 12.8 Å². The zero-order valence-corrected chi connectivity index (χ0v) is 17.3. The van der Waals surface area contributed by atoms with E-state index in [4.69, 9.17) is 9.47 Å². The lowest BCUT2D eigenvalue weighted by atomic mass is 10.1. The average molecular weight is 452 g/mol. The highest BCUT2D eigenvalue weighted by atomic mass is 19.4. The zero-order chi connectivity index (χ0) is 22.8. The Bertz CT molecular complexity index is 1290. The van der Waals surface area contributed by atoms with Crippen molar-refractivity contribution in [3.8, 4) is 11.5 Å². The van der Waals surface area contributed by atoms with Crippen LogP contribution >= 0.6 is 0 Å². The highest BCUT2D eigenvalue weighted by molar-refractivity contribution is 5.99. The first kappa shape index (κ1) is 20.9. The van der Waals surface area contributed by atoms with E-state index in [2.05, 4.69) is 20.6 Å². The van der Waals surface area contributed by atoms with Gasteiger partial charge in [0.25, 0.3) is 0 Å². The van der Waals surface area contributed by atoms with Crippen LogP contribution in [0.2, 0.25) is 0 Å². The minimum atomic E-state index is -4.38. The van der Waals surface area contributed by atoms with Gasteiger partial charge in [0.15, 0.2) is 5.75 Å². The van der Waals surface area contributed by atoms with Crippen LogP contribution in [0, 0.1) is 0 Å². The van der Waals surface area contributed by atoms with Crippen LogP contribution in [0.3, 0.4) is 0 Å². The van der Waals surface area contributed by atoms with Crippen molar-refractivity contribution in [1.82, 2.24) is 9.97 Å². The maximum Gasteiger partial charge on any atom is 0.416 e. The Balaban J connectivity index is 1.32. The van der Waals surface area contributed by atoms with Crippen LogP contribution in [0.25, 0.3) is 10.9 Å². The largest absolute Gasteiger partial charge is 0.489 e. The van der Waals surface area contributed by atoms with Gasteiger partial charge in [-0.2, -0.15) is 13.2 Å². The minimum absolute atomic E-state index is 0.0315. The van der Waals surface area contributed by atoms with Gasteiger partial charge in [-0.15, -0.1) is 0 Å². The standard InChI is InChI=1S/C24H19F3N4O2/c25-24(26,27)16-3-1-2-15(12-16)13-33-18-6-4-17(5-7-18)31-23-21-19(29-14-30-23)8-9-20-22(21)32-11-10-28-20/h1-9,12,14,28H,10-11,13H2,(H,29,30,31). The molecule has 0 bridgehead atoms. The van der Waals surface area contributed by atoms with Gasteiger partial charge < -0.3 is 20.1 Å². The topological polar surface area (TPSA) is 68.3 Å². The number of nitrogens with one attached hydrogen (secondary N) is 2. The number of aromatic nitrogens is 2. The van der Waals surface area contributed by atoms with Crippen molar-refractivity contribution >= 4 is 28.1 Å². The van der Waals surface area contributed by atoms with E-state index in [1.165, 1.54) is 12.4 Å². The van der Waals surface area contributed by atoms with Crippen LogP contribution in [-0.4, -0.2) is 23.1 Å². The van der Waals surface area contributed by atoms with Crippen LogP contribution in [0.5, 0.6) is 11.5 Å². The predicted octanol–water partition coefficient (Wildman–Crippen LogP) is 5.78. The molecule has 1 aliphatic rings. The number of hydrogen-bond acceptors (Lipinski definition) is 6. The predicted molar refractivity (Wildman–Crippen MR) is 119 cm³/mol. The molecule has 0 aliphatic carbocycles. The number of benzene rings is 3. The molecule has 4 aromatic rings. The molecular weight excluding hydrogens is 433 g/mol. The Hall–Kier alpha value is -4.01. The molecule has 1 aromatic heterocycles. The molecule has 33 heavy (non-hydrogen) atoms. The molecule has 0 saturated heterocycles. The van der Waals surface area contributed by atoms with Gasteiger partial charge in [-0.25, -0.2) is 9.97 Å². The van der Waals surface area contributed by atoms with E-state index >= 15 is 0 Å². The average Bonchev–Trinajstić information content (AvgIpc) is 2.83. The summed E-state index contributed by atoms with van der Waals surface area (Å²) in [5.41, 5.74) is 2.17. The van der Waals surface area contributed by atoms with Gasteiger partial charge in [0.1, 0.15) is 31.1 Å². The molecule has 5 rings (SSSR count). The van der Waals surface area contributed by atoms with Crippen LogP contribution in [-0.2, 0) is 12.8 Å². The van der Waals surface area contributed by atoms with Crippen molar-refractivity contribution in [2.24, 2.45) is 0 Å². The summed E-state index contributed by atoms with van der Waals surface area (Å²) in [5.74, 6) is 1.86. The molecule has 0 radical (unpaired) electrons. The van der Waals surface area contributed by atoms with E-state index in [9.17, 15) is 13.2 Å². The molecule has 2 heterocycles. The summed E-state index contributed by atoms with van der Waals surface area (Å²) in [7, 11) is 0. The number of hydrogen-bond donors (Lipinski definition) is 2. The fourth-order valence-electron chi connectivity index (χ4n) is 3.62. The van der Waals surface area contributed by atoms with Gasteiger partial charge in [-0.05, 0) is 54.1 Å². The summed E-state index contributed by atoms with van der Waals surface area (Å²) in [6, 6.07) is 16.1. The molecule has 3 aromatic carbocycles. The van der Waals surface area contributed by atoms with E-state index in [-0.39, 0.29) is 6.61 Å². The monoisotopic (exact) mass is 452 g/mol. The summed E-state index contributed by atoms with van der Waals surface area (Å²) in [6.07, 6.45) is -2.89. The number of rotatable bonds is 5. The molecule has 6 nitrogen and oxygen atoms in total. The third kappa shape index (κ3) is 4.48. The van der Waals surface area contributed by atoms with E-state index in [1.807, 2.05) is 24.3 Å². The highest BCUT2D eigenvalue weighted by Crippen LogP contribution is 2.39. The minimum Gasteiger partial charge on any atom is -0.489 e. The Morgan fingerprint density at radius 1 is 1.03 bits per heavy atom. The first-order chi connectivity index (χ1) is 16.0. The Kier molecular flexibility index (Phi) is 5.37. The first-order valence-electron chi connectivity index (χ1n) is 10.3. The van der Waals surface area contributed by atoms with Gasteiger partial charge in [0, 0.05) is 12.2 Å². The molecule has 0 saturated carbocycles. The fourth-order valence-corrected chi connectivity index (χ4v) is 3.62. The quantitative estimate of drug-likeness (QED) is 0.400. The van der Waals surface area contributed by atoms with Gasteiger partial charge in [0.2, 0.25) is 0 Å². The SMILES string of the molecule is FC(F)(F)c1cccc(COc2ccc(Nc3ncnc4ccc5c(c34)OCCN5)cc2)c1. The lowest BCUT2D eigenvalue weighted by Crippen LogP contribution is -2.18. The number of halogens is 3. The van der Waals surface area contributed by atoms with E-state index in [0.717, 1.165) is 41.0 Å². The third-order valence-corrected chi connectivity index (χ3v) is 5.20. The second kappa shape index (κ2) is 8.50. The molecule has 0 atom stereocenters. The first-order valence-corrected chi connectivity index (χ1v) is 10.3. The van der Waals surface area contributed by atoms with Gasteiger partial charge in [-0.3, -0.25) is 0 Å². The second-order valence-corrected chi connectivity index (χ2v) is 7.47. The molecule has 168 valence electrons. The number of ether oxygens (including phenoxy) is 2. The number of alkyl halides is 3. The maximum atomic E-state index is 12.9. The van der Waals surface area contributed by atoms with Gasteiger partial charge >= 0.3 is 6.18 Å². The molecule has 9 heteroatoms. The summed E-state index contributed by atoms with van der Waals surface area (Å²) >= 11 is 0. The van der Waals surface area contributed by atoms with Gasteiger partial charge in [-0.1, -0.05) is 12.1 Å². The molecule has 0 amide bonds. The number of anilines is 3. The maximum absolute atomic E-state index is 12.9. The lowest BCUT2D eigenvalue weighted by molar-refractivity contribution is -0.137. The van der Waals surface area contributed by atoms with E-state index in [1.54, 1.807) is 18.2 Å². The van der Waals surface area contributed by atoms with Crippen molar-refractivity contribution in [1.29, 1.82) is 0 Å². The molecule has 2 N–H and O–H groups in total. The summed E-state index contributed by atoms with van der Waals surface area (Å²) in [4.78, 5) is 8.71. The Morgan fingerprint density at radius 2 is 1.88 bits per heavy atom. The van der Waals surface area contributed by atoms with Crippen LogP contribution in [0.1, 0.15) is 11.1 Å². The smallest absolute Gasteiger partial charge is 0.416 e. The lowest BCUT2D eigenvalue weighted by Gasteiger charge is -2.21. The Morgan fingerprint density at radius 3 is 2.70 bits per heavy atom. The summed E-state index contributed by atoms with van der Waals surface area (Å²) in [6.45, 7) is 1.32. The molecule has 0 spiro atoms. The van der Waals surface area contributed by atoms with Gasteiger partial charge in [0.05, 0.1) is 22.2 Å². The second-order valence-electron chi connectivity index (χ2n) is 7.47. The van der Waals surface area contributed by atoms with Crippen molar-refractivity contribution < 1.29 is 22.6 Å². The van der Waals surface area contributed by atoms with E-state index in [0.29, 0.717) is 29.5 Å². The van der Waals surface area contributed by atoms with Crippen LogP contribution in [0.15, 0.2) is 67.0 Å². The van der Waals surface area contributed by atoms with Crippen LogP contribution in [0.4, 0.5) is 30.4 Å². The van der Waals surface area contributed by atoms with Crippen molar-refractivity contribution in [2.75, 3.05) is 23.8 Å². The van der Waals surface area contributed by atoms with Crippen molar-refractivity contribution in [3.63, 3.8) is 0 Å². The number of fused-ring (bicyclic) bond motifs is 3. The van der Waals surface area contributed by atoms with Crippen molar-refractivity contribution in [3.05, 3.63) is 78.1 Å². The molecule has 0 fully saturated rings. The Labute approximate surface area is 187 Å². The molecule has 0 unspecified atom stereocenters. The summed E-state index contributed by atoms with van der Waals surface area (Å²) < 4.78 is 50.2.